The summed E-state index contributed by atoms with van der Waals surface area (Å²) in [5.41, 5.74) is 6.44. The van der Waals surface area contributed by atoms with Crippen molar-refractivity contribution in [2.24, 2.45) is 5.92 Å². The molecule has 0 N–H and O–H groups in total. The van der Waals surface area contributed by atoms with Crippen LogP contribution < -0.4 is 0 Å². The molecule has 0 spiro atoms. The van der Waals surface area contributed by atoms with Crippen LogP contribution in [0, 0.1) is 5.92 Å². The monoisotopic (exact) mass is 319 g/mol. The number of rotatable bonds is 4. The minimum atomic E-state index is -1.12. The molecule has 2 heteroatoms. The van der Waals surface area contributed by atoms with Crippen molar-refractivity contribution < 1.29 is 17.1 Å². The Labute approximate surface area is 131 Å². The van der Waals surface area contributed by atoms with Gasteiger partial charge in [0.15, 0.2) is 0 Å². The third-order valence-electron chi connectivity index (χ3n) is 4.92. The topological polar surface area (TPSA) is 0 Å². The van der Waals surface area contributed by atoms with E-state index in [0.29, 0.717) is 0 Å². The zero-order valence-electron chi connectivity index (χ0n) is 13.7. The summed E-state index contributed by atoms with van der Waals surface area (Å²) >= 11 is -1.12. The zero-order valence-corrected chi connectivity index (χ0v) is 16.5. The van der Waals surface area contributed by atoms with Gasteiger partial charge in [0.1, 0.15) is 0 Å². The van der Waals surface area contributed by atoms with Gasteiger partial charge in [-0.2, -0.15) is 0 Å². The van der Waals surface area contributed by atoms with Crippen molar-refractivity contribution in [2.45, 2.75) is 45.5 Å². The maximum absolute atomic E-state index is 2.58. The predicted molar refractivity (Wildman–Crippen MR) is 89.3 cm³/mol. The first-order valence-corrected chi connectivity index (χ1v) is 15.2. The van der Waals surface area contributed by atoms with Crippen LogP contribution >= 0.6 is 0 Å². The van der Waals surface area contributed by atoms with Crippen LogP contribution in [0.1, 0.15) is 33.3 Å². The Balaban J connectivity index is 2.32. The molecule has 1 unspecified atom stereocenters. The molecular weight excluding hydrogens is 292 g/mol. The van der Waals surface area contributed by atoms with E-state index in [1.54, 1.807) is 22.3 Å². The van der Waals surface area contributed by atoms with Gasteiger partial charge in [-0.25, -0.2) is 0 Å². The first-order valence-electron chi connectivity index (χ1n) is 7.72. The van der Waals surface area contributed by atoms with E-state index in [0.717, 1.165) is 5.92 Å². The van der Waals surface area contributed by atoms with Crippen molar-refractivity contribution in [1.82, 2.24) is 0 Å². The van der Waals surface area contributed by atoms with E-state index in [1.807, 2.05) is 3.88 Å². The van der Waals surface area contributed by atoms with Crippen molar-refractivity contribution in [2.75, 3.05) is 0 Å². The van der Waals surface area contributed by atoms with Crippen LogP contribution in [0.5, 0.6) is 0 Å². The number of allylic oxidation sites excluding steroid dienone is 4. The summed E-state index contributed by atoms with van der Waals surface area (Å²) in [4.78, 5) is 0. The Morgan fingerprint density at radius 2 is 1.60 bits per heavy atom. The summed E-state index contributed by atoms with van der Waals surface area (Å²) in [6.45, 7) is 14.1. The first kappa shape index (κ1) is 16.0. The SMILES string of the molecule is CC1=C(C)C(C)[C]([Ti]([CH2]c2ccccc2)[SiH](C)C)=C1C. The van der Waals surface area contributed by atoms with Crippen molar-refractivity contribution in [3.05, 3.63) is 56.5 Å². The van der Waals surface area contributed by atoms with Gasteiger partial charge in [-0.05, 0) is 0 Å². The van der Waals surface area contributed by atoms with Crippen LogP contribution in [0.2, 0.25) is 13.1 Å². The van der Waals surface area contributed by atoms with Crippen LogP contribution in [-0.4, -0.2) is 6.66 Å². The van der Waals surface area contributed by atoms with Crippen LogP contribution in [0.25, 0.3) is 0 Å². The Kier molecular flexibility index (Phi) is 5.28. The molecule has 1 aliphatic carbocycles. The van der Waals surface area contributed by atoms with Crippen molar-refractivity contribution in [1.29, 1.82) is 0 Å². The van der Waals surface area contributed by atoms with Gasteiger partial charge in [0, 0.05) is 0 Å². The van der Waals surface area contributed by atoms with Crippen LogP contribution in [-0.2, 0) is 21.9 Å². The molecule has 0 saturated carbocycles. The summed E-state index contributed by atoms with van der Waals surface area (Å²) in [5.74, 6) is 0.726. The average Bonchev–Trinajstić information content (AvgIpc) is 2.62. The summed E-state index contributed by atoms with van der Waals surface area (Å²) in [5, 5.41) is 0. The second kappa shape index (κ2) is 6.60. The third kappa shape index (κ3) is 3.10. The number of benzene rings is 1. The van der Waals surface area contributed by atoms with Gasteiger partial charge >= 0.3 is 132 Å². The molecule has 0 nitrogen and oxygen atoms in total. The van der Waals surface area contributed by atoms with E-state index >= 15 is 0 Å². The minimum absolute atomic E-state index is 0.558. The van der Waals surface area contributed by atoms with Crippen LogP contribution in [0.4, 0.5) is 0 Å². The Bertz CT molecular complexity index is 540. The molecule has 107 valence electrons. The molecule has 0 radical (unpaired) electrons. The molecule has 0 aromatic heterocycles. The Hall–Kier alpha value is -0.369. The second-order valence-corrected chi connectivity index (χ2v) is 20.0. The first-order chi connectivity index (χ1) is 9.43. The normalized spacial score (nSPS) is 19.2. The van der Waals surface area contributed by atoms with E-state index in [4.69, 9.17) is 0 Å². The summed E-state index contributed by atoms with van der Waals surface area (Å²) in [7, 11) is 0. The summed E-state index contributed by atoms with van der Waals surface area (Å²) < 4.78 is 3.30. The van der Waals surface area contributed by atoms with Crippen molar-refractivity contribution in [3.63, 3.8) is 0 Å². The molecule has 0 aliphatic heterocycles. The Morgan fingerprint density at radius 1 is 1.00 bits per heavy atom. The van der Waals surface area contributed by atoms with E-state index < -0.39 is 23.8 Å². The van der Waals surface area contributed by atoms with Gasteiger partial charge in [0.25, 0.3) is 0 Å². The molecule has 1 aromatic carbocycles. The number of hydrogen-bond acceptors (Lipinski definition) is 0. The molecule has 0 amide bonds. The summed E-state index contributed by atoms with van der Waals surface area (Å²) in [6, 6.07) is 11.2. The third-order valence-corrected chi connectivity index (χ3v) is 18.5. The molecule has 0 saturated heterocycles. The van der Waals surface area contributed by atoms with Crippen LogP contribution in [0.15, 0.2) is 50.9 Å². The molecule has 0 heterocycles. The number of hydrogen-bond donors (Lipinski definition) is 0. The average molecular weight is 319 g/mol. The fourth-order valence-corrected chi connectivity index (χ4v) is 15.7. The summed E-state index contributed by atoms with van der Waals surface area (Å²) in [6.07, 6.45) is 0. The maximum atomic E-state index is 2.58. The molecule has 1 atom stereocenters. The van der Waals surface area contributed by atoms with Crippen molar-refractivity contribution in [3.8, 4) is 0 Å². The van der Waals surface area contributed by atoms with Gasteiger partial charge in [-0.3, -0.25) is 0 Å². The van der Waals surface area contributed by atoms with Gasteiger partial charge < -0.3 is 0 Å². The predicted octanol–water partition coefficient (Wildman–Crippen LogP) is 5.05. The van der Waals surface area contributed by atoms with Gasteiger partial charge in [-0.15, -0.1) is 0 Å². The molecule has 1 aromatic rings. The molecule has 0 fully saturated rings. The van der Waals surface area contributed by atoms with Crippen molar-refractivity contribution >= 4 is 6.66 Å². The zero-order chi connectivity index (χ0) is 14.9. The van der Waals surface area contributed by atoms with Gasteiger partial charge in [-0.1, -0.05) is 0 Å². The molecule has 20 heavy (non-hydrogen) atoms. The second-order valence-electron chi connectivity index (χ2n) is 6.41. The van der Waals surface area contributed by atoms with E-state index in [1.165, 1.54) is 4.73 Å². The molecule has 0 bridgehead atoms. The fourth-order valence-electron chi connectivity index (χ4n) is 3.31. The van der Waals surface area contributed by atoms with E-state index in [2.05, 4.69) is 71.1 Å². The Morgan fingerprint density at radius 3 is 2.05 bits per heavy atom. The molecule has 1 aliphatic rings. The van der Waals surface area contributed by atoms with Crippen LogP contribution in [0.3, 0.4) is 0 Å². The quantitative estimate of drug-likeness (QED) is 0.681. The van der Waals surface area contributed by atoms with E-state index in [-0.39, 0.29) is 0 Å². The molecule has 2 rings (SSSR count). The van der Waals surface area contributed by atoms with Gasteiger partial charge in [0.05, 0.1) is 0 Å². The standard InChI is InChI=1S/C9H13.C7H7.C2H7Si.Ti/c1-6-5-7(2)9(4)8(6)3;1-7-5-3-2-4-6-7;1-3-2;/h6H,1-4H3;2-6H,1H2;3H,1-2H3;. The van der Waals surface area contributed by atoms with Gasteiger partial charge in [0.2, 0.25) is 0 Å². The fraction of sp³-hybridized carbons (Fsp3) is 0.444. The molecular formula is C18H27SiTi. The van der Waals surface area contributed by atoms with E-state index in [9.17, 15) is 0 Å².